The molecule has 7 nitrogen and oxygen atoms in total. The van der Waals surface area contributed by atoms with Crippen molar-refractivity contribution in [2.24, 2.45) is 5.73 Å². The van der Waals surface area contributed by atoms with Crippen LogP contribution in [0.25, 0.3) is 0 Å². The first-order valence-electron chi connectivity index (χ1n) is 12.1. The van der Waals surface area contributed by atoms with Gasteiger partial charge in [0.25, 0.3) is 0 Å². The molecule has 0 aliphatic carbocycles. The van der Waals surface area contributed by atoms with Crippen molar-refractivity contribution in [2.75, 3.05) is 37.6 Å². The summed E-state index contributed by atoms with van der Waals surface area (Å²) in [6, 6.07) is 12.3. The number of aliphatic hydroxyl groups excluding tert-OH is 1. The molecular formula is C26H34Cl2N4O3. The Morgan fingerprint density at radius 2 is 1.83 bits per heavy atom. The fourth-order valence-electron chi connectivity index (χ4n) is 4.38. The molecule has 0 saturated carbocycles. The van der Waals surface area contributed by atoms with Crippen molar-refractivity contribution in [2.45, 2.75) is 44.8 Å². The highest BCUT2D eigenvalue weighted by atomic mass is 35.5. The lowest BCUT2D eigenvalue weighted by Crippen LogP contribution is -2.56. The molecule has 4 N–H and O–H groups in total. The Morgan fingerprint density at radius 3 is 2.49 bits per heavy atom. The molecule has 1 saturated heterocycles. The third-order valence-electron chi connectivity index (χ3n) is 6.23. The lowest BCUT2D eigenvalue weighted by Gasteiger charge is -2.38. The van der Waals surface area contributed by atoms with Gasteiger partial charge in [-0.1, -0.05) is 60.8 Å². The molecule has 0 aromatic heterocycles. The summed E-state index contributed by atoms with van der Waals surface area (Å²) < 4.78 is 0. The first kappa shape index (κ1) is 27.3. The summed E-state index contributed by atoms with van der Waals surface area (Å²) in [5, 5.41) is 14.4. The molecule has 1 aliphatic heterocycles. The molecule has 0 spiro atoms. The Morgan fingerprint density at radius 1 is 1.11 bits per heavy atom. The number of para-hydroxylation sites is 1. The number of aliphatic hydroxyl groups is 1. The second-order valence-corrected chi connectivity index (χ2v) is 9.62. The molecule has 190 valence electrons. The van der Waals surface area contributed by atoms with Crippen LogP contribution in [0.5, 0.6) is 0 Å². The van der Waals surface area contributed by atoms with Gasteiger partial charge in [0.05, 0.1) is 6.10 Å². The second-order valence-electron chi connectivity index (χ2n) is 8.77. The van der Waals surface area contributed by atoms with Crippen molar-refractivity contribution < 1.29 is 14.7 Å². The number of hydrogen-bond acceptors (Lipinski definition) is 5. The minimum absolute atomic E-state index is 0.142. The van der Waals surface area contributed by atoms with Crippen LogP contribution in [0, 0.1) is 0 Å². The molecule has 3 rings (SSSR count). The molecular weight excluding hydrogens is 487 g/mol. The monoisotopic (exact) mass is 520 g/mol. The number of nitrogens with one attached hydrogen (secondary N) is 1. The van der Waals surface area contributed by atoms with E-state index < -0.39 is 12.1 Å². The Kier molecular flexibility index (Phi) is 10.2. The first-order valence-corrected chi connectivity index (χ1v) is 12.8. The summed E-state index contributed by atoms with van der Waals surface area (Å²) in [7, 11) is 0. The van der Waals surface area contributed by atoms with Crippen molar-refractivity contribution in [3.8, 4) is 0 Å². The number of nitrogens with zero attached hydrogens (tertiary/aromatic N) is 2. The normalized spacial score (nSPS) is 15.6. The number of benzene rings is 2. The van der Waals surface area contributed by atoms with Crippen molar-refractivity contribution in [1.82, 2.24) is 10.2 Å². The summed E-state index contributed by atoms with van der Waals surface area (Å²) >= 11 is 12.4. The van der Waals surface area contributed by atoms with Gasteiger partial charge in [-0.2, -0.15) is 0 Å². The Bertz CT molecular complexity index is 1010. The zero-order chi connectivity index (χ0) is 25.4. The van der Waals surface area contributed by atoms with E-state index in [4.69, 9.17) is 28.9 Å². The lowest BCUT2D eigenvalue weighted by molar-refractivity contribution is -0.136. The van der Waals surface area contributed by atoms with Crippen LogP contribution in [0.15, 0.2) is 42.5 Å². The second kappa shape index (κ2) is 13.1. The predicted octanol–water partition coefficient (Wildman–Crippen LogP) is 3.55. The summed E-state index contributed by atoms with van der Waals surface area (Å²) in [6.45, 7) is 4.54. The number of nitrogens with two attached hydrogens (primary N) is 1. The van der Waals surface area contributed by atoms with Crippen LogP contribution in [-0.2, 0) is 16.0 Å². The maximum absolute atomic E-state index is 13.5. The van der Waals surface area contributed by atoms with E-state index in [1.807, 2.05) is 24.3 Å². The average molecular weight is 521 g/mol. The van der Waals surface area contributed by atoms with Gasteiger partial charge in [0.15, 0.2) is 0 Å². The molecule has 0 bridgehead atoms. The maximum atomic E-state index is 13.5. The van der Waals surface area contributed by atoms with E-state index in [0.717, 1.165) is 23.2 Å². The van der Waals surface area contributed by atoms with Gasteiger partial charge in [-0.15, -0.1) is 0 Å². The zero-order valence-corrected chi connectivity index (χ0v) is 21.6. The predicted molar refractivity (Wildman–Crippen MR) is 141 cm³/mol. The SMILES string of the molecule is CCCC(O)c1ccccc1N1CCN(C(=O)[C@@H](Cc2ccc(Cl)cc2Cl)NC(=O)CCN)CC1. The highest BCUT2D eigenvalue weighted by Gasteiger charge is 2.30. The van der Waals surface area contributed by atoms with Crippen LogP contribution >= 0.6 is 23.2 Å². The number of amides is 2. The molecule has 1 fully saturated rings. The smallest absolute Gasteiger partial charge is 0.245 e. The molecule has 0 radical (unpaired) electrons. The number of halogens is 2. The van der Waals surface area contributed by atoms with E-state index in [0.29, 0.717) is 42.6 Å². The van der Waals surface area contributed by atoms with E-state index >= 15 is 0 Å². The molecule has 1 aliphatic rings. The molecule has 2 aromatic carbocycles. The minimum atomic E-state index is -0.752. The Balaban J connectivity index is 1.71. The van der Waals surface area contributed by atoms with Crippen LogP contribution in [0.3, 0.4) is 0 Å². The van der Waals surface area contributed by atoms with E-state index in [-0.39, 0.29) is 31.2 Å². The van der Waals surface area contributed by atoms with Gasteiger partial charge >= 0.3 is 0 Å². The zero-order valence-electron chi connectivity index (χ0n) is 20.1. The summed E-state index contributed by atoms with van der Waals surface area (Å²) in [6.07, 6.45) is 1.49. The van der Waals surface area contributed by atoms with E-state index in [9.17, 15) is 14.7 Å². The van der Waals surface area contributed by atoms with Crippen LogP contribution in [0.4, 0.5) is 5.69 Å². The molecule has 35 heavy (non-hydrogen) atoms. The molecule has 1 heterocycles. The van der Waals surface area contributed by atoms with Crippen molar-refractivity contribution in [1.29, 1.82) is 0 Å². The lowest BCUT2D eigenvalue weighted by atomic mass is 10.0. The highest BCUT2D eigenvalue weighted by Crippen LogP contribution is 2.30. The van der Waals surface area contributed by atoms with Crippen LogP contribution in [0.2, 0.25) is 10.0 Å². The van der Waals surface area contributed by atoms with Gasteiger partial charge in [-0.25, -0.2) is 0 Å². The quantitative estimate of drug-likeness (QED) is 0.444. The fraction of sp³-hybridized carbons (Fsp3) is 0.462. The Hall–Kier alpha value is -2.32. The van der Waals surface area contributed by atoms with Gasteiger partial charge in [-0.05, 0) is 30.2 Å². The van der Waals surface area contributed by atoms with E-state index in [1.54, 1.807) is 23.1 Å². The van der Waals surface area contributed by atoms with Crippen molar-refractivity contribution in [3.05, 3.63) is 63.6 Å². The minimum Gasteiger partial charge on any atom is -0.388 e. The largest absolute Gasteiger partial charge is 0.388 e. The number of hydrogen-bond donors (Lipinski definition) is 3. The van der Waals surface area contributed by atoms with Crippen molar-refractivity contribution in [3.63, 3.8) is 0 Å². The summed E-state index contributed by atoms with van der Waals surface area (Å²) in [4.78, 5) is 29.8. The van der Waals surface area contributed by atoms with Gasteiger partial charge in [0.1, 0.15) is 6.04 Å². The number of carbonyl (C=O) groups is 2. The highest BCUT2D eigenvalue weighted by molar-refractivity contribution is 6.35. The topological polar surface area (TPSA) is 98.9 Å². The van der Waals surface area contributed by atoms with E-state index in [1.165, 1.54) is 0 Å². The van der Waals surface area contributed by atoms with Crippen LogP contribution in [-0.4, -0.2) is 60.6 Å². The first-order chi connectivity index (χ1) is 16.8. The number of anilines is 1. The maximum Gasteiger partial charge on any atom is 0.245 e. The van der Waals surface area contributed by atoms with Gasteiger partial charge in [-0.3, -0.25) is 9.59 Å². The average Bonchev–Trinajstić information content (AvgIpc) is 2.85. The Labute approximate surface area is 217 Å². The van der Waals surface area contributed by atoms with Gasteiger partial charge in [0, 0.05) is 66.9 Å². The molecule has 2 aromatic rings. The summed E-state index contributed by atoms with van der Waals surface area (Å²) in [5.41, 5.74) is 8.18. The van der Waals surface area contributed by atoms with Gasteiger partial charge < -0.3 is 26.0 Å². The molecule has 2 amide bonds. The third kappa shape index (κ3) is 7.34. The van der Waals surface area contributed by atoms with E-state index in [2.05, 4.69) is 17.1 Å². The summed E-state index contributed by atoms with van der Waals surface area (Å²) in [5.74, 6) is -0.422. The molecule has 9 heteroatoms. The number of carbonyl (C=O) groups excluding carboxylic acids is 2. The molecule has 1 unspecified atom stereocenters. The number of piperazine rings is 1. The molecule has 2 atom stereocenters. The number of rotatable bonds is 10. The van der Waals surface area contributed by atoms with Crippen LogP contribution in [0.1, 0.15) is 43.4 Å². The van der Waals surface area contributed by atoms with Crippen LogP contribution < -0.4 is 16.0 Å². The van der Waals surface area contributed by atoms with Gasteiger partial charge in [0.2, 0.25) is 11.8 Å². The standard InChI is InChI=1S/C26H34Cl2N4O3/c1-2-5-24(33)20-6-3-4-7-23(20)31-12-14-32(15-13-31)26(35)22(30-25(34)10-11-29)16-18-8-9-19(27)17-21(18)28/h3-4,6-9,17,22,24,33H,2,5,10-16,29H2,1H3,(H,30,34)/t22-,24?/m1/s1. The van der Waals surface area contributed by atoms with Crippen molar-refractivity contribution >= 4 is 40.7 Å². The fourth-order valence-corrected chi connectivity index (χ4v) is 4.86. The third-order valence-corrected chi connectivity index (χ3v) is 6.82.